The van der Waals surface area contributed by atoms with Crippen molar-refractivity contribution in [1.82, 2.24) is 4.90 Å². The second kappa shape index (κ2) is 9.26. The molecule has 1 fully saturated rings. The number of aliphatic hydroxyl groups excluding tert-OH is 1. The van der Waals surface area contributed by atoms with E-state index in [0.29, 0.717) is 35.6 Å². The van der Waals surface area contributed by atoms with E-state index >= 15 is 0 Å². The van der Waals surface area contributed by atoms with Gasteiger partial charge < -0.3 is 19.5 Å². The molecular formula is C25H27NO6. The number of amides is 1. The summed E-state index contributed by atoms with van der Waals surface area (Å²) in [5, 5.41) is 11.3. The second-order valence-electron chi connectivity index (χ2n) is 7.82. The van der Waals surface area contributed by atoms with Crippen LogP contribution in [0.2, 0.25) is 0 Å². The van der Waals surface area contributed by atoms with E-state index in [-0.39, 0.29) is 11.3 Å². The zero-order valence-electron chi connectivity index (χ0n) is 18.9. The fourth-order valence-electron chi connectivity index (χ4n) is 4.16. The summed E-state index contributed by atoms with van der Waals surface area (Å²) in [4.78, 5) is 38.8. The van der Waals surface area contributed by atoms with Crippen molar-refractivity contribution in [2.45, 2.75) is 40.2 Å². The molecule has 0 radical (unpaired) electrons. The Morgan fingerprint density at radius 2 is 1.88 bits per heavy atom. The van der Waals surface area contributed by atoms with Gasteiger partial charge in [-0.15, -0.1) is 0 Å². The van der Waals surface area contributed by atoms with Crippen molar-refractivity contribution < 1.29 is 29.0 Å². The first-order valence-corrected chi connectivity index (χ1v) is 10.4. The van der Waals surface area contributed by atoms with E-state index in [0.717, 1.165) is 11.1 Å². The highest BCUT2D eigenvalue weighted by molar-refractivity contribution is 6.46. The third kappa shape index (κ3) is 4.23. The van der Waals surface area contributed by atoms with Crippen LogP contribution >= 0.6 is 0 Å². The molecule has 168 valence electrons. The molecule has 0 aromatic heterocycles. The van der Waals surface area contributed by atoms with Crippen molar-refractivity contribution in [3.63, 3.8) is 0 Å². The van der Waals surface area contributed by atoms with Gasteiger partial charge >= 0.3 is 5.97 Å². The molecule has 7 heteroatoms. The van der Waals surface area contributed by atoms with Gasteiger partial charge in [-0.25, -0.2) is 0 Å². The van der Waals surface area contributed by atoms with Crippen molar-refractivity contribution in [2.24, 2.45) is 0 Å². The highest BCUT2D eigenvalue weighted by Crippen LogP contribution is 2.42. The van der Waals surface area contributed by atoms with Crippen LogP contribution in [0.4, 0.5) is 0 Å². The Morgan fingerprint density at radius 1 is 1.16 bits per heavy atom. The van der Waals surface area contributed by atoms with Crippen LogP contribution in [0.1, 0.15) is 48.6 Å². The molecule has 1 heterocycles. The van der Waals surface area contributed by atoms with Gasteiger partial charge in [-0.1, -0.05) is 25.1 Å². The zero-order valence-corrected chi connectivity index (χ0v) is 18.9. The number of carbonyl (C=O) groups excluding carboxylic acids is 3. The highest BCUT2D eigenvalue weighted by Gasteiger charge is 2.46. The first-order chi connectivity index (χ1) is 15.2. The lowest BCUT2D eigenvalue weighted by molar-refractivity contribution is -0.139. The van der Waals surface area contributed by atoms with Crippen LogP contribution < -0.4 is 9.47 Å². The Labute approximate surface area is 187 Å². The summed E-state index contributed by atoms with van der Waals surface area (Å²) in [6.07, 6.45) is 0.625. The van der Waals surface area contributed by atoms with E-state index in [1.165, 1.54) is 18.9 Å². The normalized spacial score (nSPS) is 17.5. The van der Waals surface area contributed by atoms with Crippen LogP contribution in [0.25, 0.3) is 5.76 Å². The van der Waals surface area contributed by atoms with Gasteiger partial charge in [-0.3, -0.25) is 14.4 Å². The third-order valence-electron chi connectivity index (χ3n) is 5.32. The quantitative estimate of drug-likeness (QED) is 0.241. The zero-order chi connectivity index (χ0) is 23.6. The standard InChI is InChI=1S/C25H27NO6/c1-6-10-26-21(17-8-7-9-18(13-17)32-16(4)27)20(23(29)25(26)30)22(28)19-12-14(2)11-15(3)24(19)31-5/h7-9,11-13,21,28H,6,10H2,1-5H3/b22-20+. The van der Waals surface area contributed by atoms with Crippen LogP contribution in [0, 0.1) is 13.8 Å². The number of hydrogen-bond acceptors (Lipinski definition) is 6. The maximum Gasteiger partial charge on any atom is 0.308 e. The molecule has 1 atom stereocenters. The number of aryl methyl sites for hydroxylation is 2. The fourth-order valence-corrected chi connectivity index (χ4v) is 4.16. The number of rotatable bonds is 6. The lowest BCUT2D eigenvalue weighted by Gasteiger charge is -2.25. The van der Waals surface area contributed by atoms with E-state index in [1.54, 1.807) is 30.3 Å². The summed E-state index contributed by atoms with van der Waals surface area (Å²) >= 11 is 0. The van der Waals surface area contributed by atoms with Gasteiger partial charge in [0.2, 0.25) is 0 Å². The van der Waals surface area contributed by atoms with Crippen LogP contribution in [0.15, 0.2) is 42.0 Å². The summed E-state index contributed by atoms with van der Waals surface area (Å²) in [5.74, 6) is -1.50. The molecule has 1 aliphatic heterocycles. The Bertz CT molecular complexity index is 1120. The molecule has 32 heavy (non-hydrogen) atoms. The summed E-state index contributed by atoms with van der Waals surface area (Å²) < 4.78 is 10.7. The number of hydrogen-bond donors (Lipinski definition) is 1. The lowest BCUT2D eigenvalue weighted by Crippen LogP contribution is -2.30. The Morgan fingerprint density at radius 3 is 2.50 bits per heavy atom. The minimum absolute atomic E-state index is 0.0216. The minimum atomic E-state index is -0.823. The largest absolute Gasteiger partial charge is 0.507 e. The molecule has 7 nitrogen and oxygen atoms in total. The first-order valence-electron chi connectivity index (χ1n) is 10.4. The Balaban J connectivity index is 2.26. The summed E-state index contributed by atoms with van der Waals surface area (Å²) in [5.41, 5.74) is 2.56. The predicted octanol–water partition coefficient (Wildman–Crippen LogP) is 4.07. The van der Waals surface area contributed by atoms with E-state index in [1.807, 2.05) is 26.8 Å². The highest BCUT2D eigenvalue weighted by atomic mass is 16.5. The molecule has 0 spiro atoms. The molecule has 0 aliphatic carbocycles. The smallest absolute Gasteiger partial charge is 0.308 e. The van der Waals surface area contributed by atoms with E-state index in [9.17, 15) is 19.5 Å². The van der Waals surface area contributed by atoms with Crippen molar-refractivity contribution in [1.29, 1.82) is 0 Å². The number of methoxy groups -OCH3 is 1. The molecule has 1 unspecified atom stereocenters. The summed E-state index contributed by atoms with van der Waals surface area (Å²) in [6, 6.07) is 9.44. The number of Topliss-reactive ketones (excluding diaryl/α,β-unsaturated/α-hetero) is 1. The van der Waals surface area contributed by atoms with Crippen molar-refractivity contribution in [3.05, 3.63) is 64.2 Å². The third-order valence-corrected chi connectivity index (χ3v) is 5.32. The number of carbonyl (C=O) groups is 3. The second-order valence-corrected chi connectivity index (χ2v) is 7.82. The summed E-state index contributed by atoms with van der Waals surface area (Å²) in [6.45, 7) is 7.24. The van der Waals surface area contributed by atoms with Gasteiger partial charge in [0.15, 0.2) is 0 Å². The van der Waals surface area contributed by atoms with Gasteiger partial charge in [0.1, 0.15) is 17.3 Å². The maximum absolute atomic E-state index is 13.1. The minimum Gasteiger partial charge on any atom is -0.507 e. The lowest BCUT2D eigenvalue weighted by atomic mass is 9.93. The van der Waals surface area contributed by atoms with Crippen molar-refractivity contribution in [3.8, 4) is 11.5 Å². The van der Waals surface area contributed by atoms with E-state index in [4.69, 9.17) is 9.47 Å². The average Bonchev–Trinajstić information content (AvgIpc) is 2.98. The first kappa shape index (κ1) is 23.1. The van der Waals surface area contributed by atoms with Gasteiger partial charge in [0, 0.05) is 13.5 Å². The number of aliphatic hydroxyl groups is 1. The van der Waals surface area contributed by atoms with E-state index in [2.05, 4.69) is 0 Å². The molecule has 0 saturated carbocycles. The topological polar surface area (TPSA) is 93.1 Å². The van der Waals surface area contributed by atoms with Crippen LogP contribution in [0.3, 0.4) is 0 Å². The van der Waals surface area contributed by atoms with Gasteiger partial charge in [0.25, 0.3) is 11.7 Å². The van der Waals surface area contributed by atoms with Crippen LogP contribution in [-0.2, 0) is 14.4 Å². The molecular weight excluding hydrogens is 410 g/mol. The molecule has 1 amide bonds. The molecule has 1 aliphatic rings. The average molecular weight is 437 g/mol. The summed E-state index contributed by atoms with van der Waals surface area (Å²) in [7, 11) is 1.49. The van der Waals surface area contributed by atoms with Crippen molar-refractivity contribution in [2.75, 3.05) is 13.7 Å². The molecule has 2 aromatic carbocycles. The van der Waals surface area contributed by atoms with Gasteiger partial charge in [-0.05, 0) is 55.2 Å². The Kier molecular flexibility index (Phi) is 6.67. The fraction of sp³-hybridized carbons (Fsp3) is 0.320. The van der Waals surface area contributed by atoms with E-state index < -0.39 is 23.7 Å². The number of ketones is 1. The number of likely N-dealkylation sites (tertiary alicyclic amines) is 1. The molecule has 1 N–H and O–H groups in total. The molecule has 3 rings (SSSR count). The SMILES string of the molecule is CCCN1C(=O)C(=O)/C(=C(/O)c2cc(C)cc(C)c2OC)C1c1cccc(OC(C)=O)c1. The number of nitrogens with zero attached hydrogens (tertiary/aromatic N) is 1. The Hall–Kier alpha value is -3.61. The van der Waals surface area contributed by atoms with Gasteiger partial charge in [-0.2, -0.15) is 0 Å². The van der Waals surface area contributed by atoms with Crippen LogP contribution in [-0.4, -0.2) is 41.3 Å². The predicted molar refractivity (Wildman–Crippen MR) is 120 cm³/mol. The molecule has 1 saturated heterocycles. The van der Waals surface area contributed by atoms with Crippen LogP contribution in [0.5, 0.6) is 11.5 Å². The van der Waals surface area contributed by atoms with Crippen molar-refractivity contribution >= 4 is 23.4 Å². The maximum atomic E-state index is 13.1. The number of esters is 1. The molecule has 0 bridgehead atoms. The number of ether oxygens (including phenoxy) is 2. The number of benzene rings is 2. The van der Waals surface area contributed by atoms with Gasteiger partial charge in [0.05, 0.1) is 24.3 Å². The monoisotopic (exact) mass is 437 g/mol. The molecule has 2 aromatic rings.